The van der Waals surface area contributed by atoms with Crippen molar-refractivity contribution in [1.29, 1.82) is 0 Å². The first-order chi connectivity index (χ1) is 13.5. The largest absolute Gasteiger partial charge is 0.481 e. The quantitative estimate of drug-likeness (QED) is 0.660. The fraction of sp³-hybridized carbons (Fsp3) is 0.130. The number of benzene rings is 3. The molecule has 0 aliphatic rings. The Morgan fingerprint density at radius 2 is 1.50 bits per heavy atom. The van der Waals surface area contributed by atoms with Gasteiger partial charge in [-0.3, -0.25) is 9.59 Å². The highest BCUT2D eigenvalue weighted by Crippen LogP contribution is 2.16. The summed E-state index contributed by atoms with van der Waals surface area (Å²) in [5.41, 5.74) is 2.77. The lowest BCUT2D eigenvalue weighted by atomic mass is 10.1. The molecule has 5 nitrogen and oxygen atoms in total. The fourth-order valence-electron chi connectivity index (χ4n) is 2.66. The topological polar surface area (TPSA) is 67.4 Å². The molecule has 0 aromatic heterocycles. The third-order valence-corrected chi connectivity index (χ3v) is 4.09. The molecule has 3 rings (SSSR count). The van der Waals surface area contributed by atoms with Crippen LogP contribution in [0.25, 0.3) is 0 Å². The summed E-state index contributed by atoms with van der Waals surface area (Å²) >= 11 is 0. The van der Waals surface area contributed by atoms with Crippen LogP contribution in [0.2, 0.25) is 0 Å². The lowest BCUT2D eigenvalue weighted by molar-refractivity contribution is -0.122. The third kappa shape index (κ3) is 5.20. The van der Waals surface area contributed by atoms with Gasteiger partial charge in [-0.15, -0.1) is 0 Å². The van der Waals surface area contributed by atoms with Gasteiger partial charge in [0.2, 0.25) is 0 Å². The van der Waals surface area contributed by atoms with Crippen LogP contribution in [0.15, 0.2) is 78.9 Å². The molecular weight excluding hydrogens is 352 g/mol. The highest BCUT2D eigenvalue weighted by Gasteiger charge is 2.15. The molecule has 0 aliphatic heterocycles. The van der Waals surface area contributed by atoms with E-state index in [-0.39, 0.29) is 11.8 Å². The molecule has 2 N–H and O–H groups in total. The molecule has 0 spiro atoms. The number of rotatable bonds is 6. The van der Waals surface area contributed by atoms with Gasteiger partial charge in [0.1, 0.15) is 5.75 Å². The van der Waals surface area contributed by atoms with Gasteiger partial charge in [0.05, 0.1) is 0 Å². The summed E-state index contributed by atoms with van der Waals surface area (Å²) in [6.07, 6.45) is -0.674. The van der Waals surface area contributed by atoms with Gasteiger partial charge in [0.15, 0.2) is 6.10 Å². The highest BCUT2D eigenvalue weighted by molar-refractivity contribution is 6.05. The van der Waals surface area contributed by atoms with E-state index in [0.717, 1.165) is 11.3 Å². The van der Waals surface area contributed by atoms with Crippen LogP contribution in [-0.4, -0.2) is 17.9 Å². The van der Waals surface area contributed by atoms with E-state index < -0.39 is 6.10 Å². The monoisotopic (exact) mass is 374 g/mol. The summed E-state index contributed by atoms with van der Waals surface area (Å²) in [5, 5.41) is 5.64. The van der Waals surface area contributed by atoms with Crippen molar-refractivity contribution in [3.05, 3.63) is 90.0 Å². The van der Waals surface area contributed by atoms with E-state index >= 15 is 0 Å². The molecule has 1 atom stereocenters. The molecule has 0 heterocycles. The first-order valence-electron chi connectivity index (χ1n) is 9.02. The minimum atomic E-state index is -0.674. The van der Waals surface area contributed by atoms with E-state index in [9.17, 15) is 9.59 Å². The average molecular weight is 374 g/mol. The van der Waals surface area contributed by atoms with Gasteiger partial charge in [0.25, 0.3) is 11.8 Å². The van der Waals surface area contributed by atoms with Gasteiger partial charge in [-0.05, 0) is 61.9 Å². The second kappa shape index (κ2) is 8.86. The summed E-state index contributed by atoms with van der Waals surface area (Å²) in [7, 11) is 0. The molecule has 3 aromatic carbocycles. The number of hydrogen-bond acceptors (Lipinski definition) is 3. The zero-order valence-corrected chi connectivity index (χ0v) is 15.8. The molecule has 28 heavy (non-hydrogen) atoms. The summed E-state index contributed by atoms with van der Waals surface area (Å²) < 4.78 is 5.62. The van der Waals surface area contributed by atoms with Crippen molar-refractivity contribution in [3.8, 4) is 5.75 Å². The SMILES string of the molecule is Cc1cccc(NC(=O)c2cccc(NC(=O)C(C)Oc3ccccc3)c2)c1. The van der Waals surface area contributed by atoms with E-state index in [2.05, 4.69) is 10.6 Å². The second-order valence-electron chi connectivity index (χ2n) is 6.47. The first-order valence-corrected chi connectivity index (χ1v) is 9.02. The molecule has 0 radical (unpaired) electrons. The number of anilines is 2. The number of ether oxygens (including phenoxy) is 1. The van der Waals surface area contributed by atoms with E-state index in [4.69, 9.17) is 4.74 Å². The Hall–Kier alpha value is -3.60. The predicted octanol–water partition coefficient (Wildman–Crippen LogP) is 4.65. The molecule has 0 saturated heterocycles. The van der Waals surface area contributed by atoms with Crippen LogP contribution in [0, 0.1) is 6.92 Å². The molecule has 0 fully saturated rings. The number of carbonyl (C=O) groups excluding carboxylic acids is 2. The summed E-state index contributed by atoms with van der Waals surface area (Å²) in [6.45, 7) is 3.64. The van der Waals surface area contributed by atoms with E-state index in [0.29, 0.717) is 17.0 Å². The number of aryl methyl sites for hydroxylation is 1. The van der Waals surface area contributed by atoms with Gasteiger partial charge in [-0.2, -0.15) is 0 Å². The number of amides is 2. The maximum Gasteiger partial charge on any atom is 0.265 e. The van der Waals surface area contributed by atoms with Crippen LogP contribution in [0.1, 0.15) is 22.8 Å². The zero-order valence-electron chi connectivity index (χ0n) is 15.8. The normalized spacial score (nSPS) is 11.4. The molecule has 1 unspecified atom stereocenters. The van der Waals surface area contributed by atoms with Crippen molar-refractivity contribution in [2.45, 2.75) is 20.0 Å². The Morgan fingerprint density at radius 1 is 0.821 bits per heavy atom. The molecule has 0 saturated carbocycles. The first kappa shape index (κ1) is 19.2. The van der Waals surface area contributed by atoms with Crippen molar-refractivity contribution in [1.82, 2.24) is 0 Å². The van der Waals surface area contributed by atoms with Crippen LogP contribution in [-0.2, 0) is 4.79 Å². The number of para-hydroxylation sites is 1. The van der Waals surface area contributed by atoms with Crippen LogP contribution >= 0.6 is 0 Å². The lowest BCUT2D eigenvalue weighted by Crippen LogP contribution is -2.30. The van der Waals surface area contributed by atoms with Gasteiger partial charge in [-0.1, -0.05) is 36.4 Å². The van der Waals surface area contributed by atoms with Gasteiger partial charge < -0.3 is 15.4 Å². The molecule has 0 bridgehead atoms. The van der Waals surface area contributed by atoms with Gasteiger partial charge in [-0.25, -0.2) is 0 Å². The van der Waals surface area contributed by atoms with Gasteiger partial charge >= 0.3 is 0 Å². The highest BCUT2D eigenvalue weighted by atomic mass is 16.5. The number of nitrogens with one attached hydrogen (secondary N) is 2. The van der Waals surface area contributed by atoms with E-state index in [1.54, 1.807) is 43.3 Å². The third-order valence-electron chi connectivity index (χ3n) is 4.09. The number of hydrogen-bond donors (Lipinski definition) is 2. The molecule has 3 aromatic rings. The molecule has 5 heteroatoms. The van der Waals surface area contributed by atoms with E-state index in [1.807, 2.05) is 49.4 Å². The summed E-state index contributed by atoms with van der Waals surface area (Å²) in [5.74, 6) is 0.0896. The smallest absolute Gasteiger partial charge is 0.265 e. The van der Waals surface area contributed by atoms with Crippen molar-refractivity contribution in [2.75, 3.05) is 10.6 Å². The van der Waals surface area contributed by atoms with Crippen LogP contribution in [0.5, 0.6) is 5.75 Å². The molecule has 142 valence electrons. The molecule has 0 aliphatic carbocycles. The lowest BCUT2D eigenvalue weighted by Gasteiger charge is -2.15. The maximum absolute atomic E-state index is 12.5. The Bertz CT molecular complexity index is 970. The van der Waals surface area contributed by atoms with Crippen molar-refractivity contribution >= 4 is 23.2 Å². The van der Waals surface area contributed by atoms with Crippen molar-refractivity contribution < 1.29 is 14.3 Å². The maximum atomic E-state index is 12.5. The second-order valence-corrected chi connectivity index (χ2v) is 6.47. The zero-order chi connectivity index (χ0) is 19.9. The Kier molecular flexibility index (Phi) is 6.07. The van der Waals surface area contributed by atoms with Crippen LogP contribution in [0.4, 0.5) is 11.4 Å². The predicted molar refractivity (Wildman–Crippen MR) is 111 cm³/mol. The summed E-state index contributed by atoms with van der Waals surface area (Å²) in [4.78, 5) is 24.9. The minimum Gasteiger partial charge on any atom is -0.481 e. The number of carbonyl (C=O) groups is 2. The summed E-state index contributed by atoms with van der Waals surface area (Å²) in [6, 6.07) is 23.5. The van der Waals surface area contributed by atoms with E-state index in [1.165, 1.54) is 0 Å². The van der Waals surface area contributed by atoms with Crippen LogP contribution in [0.3, 0.4) is 0 Å². The fourth-order valence-corrected chi connectivity index (χ4v) is 2.66. The van der Waals surface area contributed by atoms with Gasteiger partial charge in [0, 0.05) is 16.9 Å². The average Bonchev–Trinajstić information content (AvgIpc) is 2.69. The minimum absolute atomic E-state index is 0.240. The Balaban J connectivity index is 1.64. The van der Waals surface area contributed by atoms with Crippen molar-refractivity contribution in [3.63, 3.8) is 0 Å². The standard InChI is InChI=1S/C23H22N2O3/c1-16-8-6-10-19(14-16)25-23(27)18-9-7-11-20(15-18)24-22(26)17(2)28-21-12-4-3-5-13-21/h3-15,17H,1-2H3,(H,24,26)(H,25,27). The van der Waals surface area contributed by atoms with Crippen molar-refractivity contribution in [2.24, 2.45) is 0 Å². The molecular formula is C23H22N2O3. The molecule has 2 amide bonds. The van der Waals surface area contributed by atoms with Crippen LogP contribution < -0.4 is 15.4 Å². The Morgan fingerprint density at radius 3 is 2.21 bits per heavy atom. The Labute approximate surface area is 164 Å².